The topological polar surface area (TPSA) is 131 Å². The first-order chi connectivity index (χ1) is 17.5. The number of aliphatic hydroxyl groups is 1. The average Bonchev–Trinajstić information content (AvgIpc) is 2.85. The van der Waals surface area contributed by atoms with Gasteiger partial charge in [0.15, 0.2) is 0 Å². The lowest BCUT2D eigenvalue weighted by molar-refractivity contribution is -0.105. The monoisotopic (exact) mass is 505 g/mol. The molecule has 0 bridgehead atoms. The predicted octanol–water partition coefficient (Wildman–Crippen LogP) is 3.86. The number of carbonyl (C=O) groups is 2. The summed E-state index contributed by atoms with van der Waals surface area (Å²) in [7, 11) is 0. The highest BCUT2D eigenvalue weighted by Crippen LogP contribution is 2.27. The van der Waals surface area contributed by atoms with Crippen molar-refractivity contribution in [1.82, 2.24) is 10.6 Å². The second kappa shape index (κ2) is 11.9. The van der Waals surface area contributed by atoms with Crippen molar-refractivity contribution in [2.75, 3.05) is 11.9 Å². The molecule has 6 N–H and O–H groups in total. The molecule has 0 radical (unpaired) electrons. The summed E-state index contributed by atoms with van der Waals surface area (Å²) in [6, 6.07) is 15.7. The van der Waals surface area contributed by atoms with Gasteiger partial charge in [-0.25, -0.2) is 0 Å². The normalized spacial score (nSPS) is 12.1. The van der Waals surface area contributed by atoms with Crippen LogP contribution >= 0.6 is 0 Å². The first-order valence-corrected chi connectivity index (χ1v) is 12.1. The lowest BCUT2D eigenvalue weighted by Crippen LogP contribution is -2.43. The van der Waals surface area contributed by atoms with Gasteiger partial charge in [0.2, 0.25) is 6.41 Å². The van der Waals surface area contributed by atoms with Crippen LogP contribution in [0.5, 0.6) is 11.5 Å². The fraction of sp³-hybridized carbons (Fsp3) is 0.310. The number of aryl methyl sites for hydroxylation is 2. The Labute approximate surface area is 217 Å². The highest BCUT2D eigenvalue weighted by atomic mass is 16.3. The Bertz CT molecular complexity index is 1250. The number of aromatic hydroxyl groups is 2. The van der Waals surface area contributed by atoms with E-state index in [1.54, 1.807) is 12.1 Å². The van der Waals surface area contributed by atoms with Crippen LogP contribution in [0.3, 0.4) is 0 Å². The number of hydrogen-bond donors (Lipinski definition) is 6. The summed E-state index contributed by atoms with van der Waals surface area (Å²) in [5.41, 5.74) is 4.39. The van der Waals surface area contributed by atoms with Gasteiger partial charge in [-0.05, 0) is 86.2 Å². The summed E-state index contributed by atoms with van der Waals surface area (Å²) in [6.45, 7) is 8.30. The SMILES string of the molecule is Cc1cc(CNC(=O)c2cccc(CC(C)(C)NC[C@H](O)c3ccc(O)c(NC=O)c3)c2)cc(C)c1O. The first kappa shape index (κ1) is 27.7. The number of amides is 2. The molecular weight excluding hydrogens is 470 g/mol. The zero-order valence-electron chi connectivity index (χ0n) is 21.6. The van der Waals surface area contributed by atoms with Crippen molar-refractivity contribution in [2.45, 2.75) is 52.3 Å². The molecule has 3 aromatic carbocycles. The molecule has 8 heteroatoms. The molecule has 2 amide bonds. The minimum absolute atomic E-state index is 0.0754. The molecule has 0 fully saturated rings. The highest BCUT2D eigenvalue weighted by molar-refractivity contribution is 5.94. The second-order valence-corrected chi connectivity index (χ2v) is 9.96. The Morgan fingerprint density at radius 3 is 2.38 bits per heavy atom. The fourth-order valence-electron chi connectivity index (χ4n) is 4.26. The number of β-amino-alcohol motifs (C(OH)–C–C–N with tert-alkyl or cyclic N) is 1. The molecule has 196 valence electrons. The summed E-state index contributed by atoms with van der Waals surface area (Å²) >= 11 is 0. The van der Waals surface area contributed by atoms with Crippen molar-refractivity contribution in [3.63, 3.8) is 0 Å². The van der Waals surface area contributed by atoms with Crippen molar-refractivity contribution < 1.29 is 24.9 Å². The van der Waals surface area contributed by atoms with Crippen LogP contribution in [-0.4, -0.2) is 39.7 Å². The number of carbonyl (C=O) groups excluding carboxylic acids is 2. The van der Waals surface area contributed by atoms with E-state index >= 15 is 0 Å². The molecule has 0 aliphatic carbocycles. The van der Waals surface area contributed by atoms with Crippen LogP contribution in [0.2, 0.25) is 0 Å². The molecule has 0 aromatic heterocycles. The standard InChI is InChI=1S/C29H35N3O5/c1-18-10-21(11-19(2)27(18)36)15-30-28(37)23-7-5-6-20(12-23)14-29(3,4)32-16-26(35)22-8-9-25(34)24(13-22)31-17-33/h5-13,17,26,32,34-36H,14-16H2,1-4H3,(H,30,37)(H,31,33)/t26-/m0/s1. The van der Waals surface area contributed by atoms with Gasteiger partial charge in [-0.1, -0.05) is 30.3 Å². The Morgan fingerprint density at radius 2 is 1.70 bits per heavy atom. The van der Waals surface area contributed by atoms with Gasteiger partial charge in [-0.3, -0.25) is 9.59 Å². The number of phenolic OH excluding ortho intramolecular Hbond substituents is 2. The van der Waals surface area contributed by atoms with Crippen LogP contribution < -0.4 is 16.0 Å². The third kappa shape index (κ3) is 7.55. The van der Waals surface area contributed by atoms with E-state index in [1.165, 1.54) is 12.1 Å². The van der Waals surface area contributed by atoms with E-state index < -0.39 is 11.6 Å². The molecule has 3 rings (SSSR count). The molecule has 0 saturated heterocycles. The van der Waals surface area contributed by atoms with E-state index in [9.17, 15) is 24.9 Å². The van der Waals surface area contributed by atoms with E-state index in [2.05, 4.69) is 16.0 Å². The maximum Gasteiger partial charge on any atom is 0.251 e. The molecule has 8 nitrogen and oxygen atoms in total. The van der Waals surface area contributed by atoms with Crippen LogP contribution in [-0.2, 0) is 17.8 Å². The predicted molar refractivity (Wildman–Crippen MR) is 144 cm³/mol. The molecular formula is C29H35N3O5. The van der Waals surface area contributed by atoms with E-state index in [-0.39, 0.29) is 29.6 Å². The van der Waals surface area contributed by atoms with Gasteiger partial charge in [-0.15, -0.1) is 0 Å². The van der Waals surface area contributed by atoms with Gasteiger partial charge in [0.25, 0.3) is 5.91 Å². The maximum absolute atomic E-state index is 12.8. The Kier molecular flexibility index (Phi) is 8.91. The quantitative estimate of drug-likeness (QED) is 0.173. The molecule has 1 atom stereocenters. The first-order valence-electron chi connectivity index (χ1n) is 12.1. The molecule has 0 aliphatic heterocycles. The molecule has 0 spiro atoms. The second-order valence-electron chi connectivity index (χ2n) is 9.96. The summed E-state index contributed by atoms with van der Waals surface area (Å²) in [5, 5.41) is 39.1. The summed E-state index contributed by atoms with van der Waals surface area (Å²) in [6.07, 6.45) is 0.234. The third-order valence-electron chi connectivity index (χ3n) is 6.23. The third-order valence-corrected chi connectivity index (χ3v) is 6.23. The smallest absolute Gasteiger partial charge is 0.251 e. The van der Waals surface area contributed by atoms with Crippen LogP contribution in [0, 0.1) is 13.8 Å². The van der Waals surface area contributed by atoms with Gasteiger partial charge in [-0.2, -0.15) is 0 Å². The van der Waals surface area contributed by atoms with Crippen molar-refractivity contribution in [3.8, 4) is 11.5 Å². The van der Waals surface area contributed by atoms with E-state index in [0.717, 1.165) is 22.3 Å². The van der Waals surface area contributed by atoms with Crippen LogP contribution in [0.4, 0.5) is 5.69 Å². The molecule has 0 saturated carbocycles. The minimum atomic E-state index is -0.851. The number of phenols is 2. The fourth-order valence-corrected chi connectivity index (χ4v) is 4.26. The number of nitrogens with one attached hydrogen (secondary N) is 3. The van der Waals surface area contributed by atoms with Gasteiger partial charge in [0.1, 0.15) is 11.5 Å². The molecule has 0 unspecified atom stereocenters. The number of anilines is 1. The minimum Gasteiger partial charge on any atom is -0.507 e. The largest absolute Gasteiger partial charge is 0.507 e. The van der Waals surface area contributed by atoms with Crippen LogP contribution in [0.15, 0.2) is 54.6 Å². The van der Waals surface area contributed by atoms with Crippen LogP contribution in [0.25, 0.3) is 0 Å². The van der Waals surface area contributed by atoms with Crippen LogP contribution in [0.1, 0.15) is 58.1 Å². The van der Waals surface area contributed by atoms with Gasteiger partial charge < -0.3 is 31.3 Å². The zero-order valence-corrected chi connectivity index (χ0v) is 21.6. The molecule has 3 aromatic rings. The van der Waals surface area contributed by atoms with Gasteiger partial charge in [0, 0.05) is 24.2 Å². The summed E-state index contributed by atoms with van der Waals surface area (Å²) < 4.78 is 0. The lowest BCUT2D eigenvalue weighted by Gasteiger charge is -2.28. The molecule has 0 aliphatic rings. The Hall–Kier alpha value is -3.88. The van der Waals surface area contributed by atoms with Crippen molar-refractivity contribution in [3.05, 3.63) is 88.0 Å². The lowest BCUT2D eigenvalue weighted by atomic mass is 9.93. The summed E-state index contributed by atoms with van der Waals surface area (Å²) in [5.74, 6) is 0.0151. The van der Waals surface area contributed by atoms with Crippen molar-refractivity contribution in [1.29, 1.82) is 0 Å². The van der Waals surface area contributed by atoms with E-state index in [1.807, 2.05) is 58.0 Å². The van der Waals surface area contributed by atoms with Gasteiger partial charge >= 0.3 is 0 Å². The zero-order chi connectivity index (χ0) is 27.2. The number of rotatable bonds is 11. The van der Waals surface area contributed by atoms with Crippen molar-refractivity contribution in [2.24, 2.45) is 0 Å². The van der Waals surface area contributed by atoms with Gasteiger partial charge in [0.05, 0.1) is 11.8 Å². The summed E-state index contributed by atoms with van der Waals surface area (Å²) in [4.78, 5) is 23.5. The van der Waals surface area contributed by atoms with Crippen molar-refractivity contribution >= 4 is 18.0 Å². The average molecular weight is 506 g/mol. The van der Waals surface area contributed by atoms with E-state index in [0.29, 0.717) is 30.5 Å². The molecule has 0 heterocycles. The molecule has 37 heavy (non-hydrogen) atoms. The Balaban J connectivity index is 1.59. The number of aliphatic hydroxyl groups excluding tert-OH is 1. The number of hydrogen-bond acceptors (Lipinski definition) is 6. The van der Waals surface area contributed by atoms with E-state index in [4.69, 9.17) is 0 Å². The number of benzene rings is 3. The highest BCUT2D eigenvalue weighted by Gasteiger charge is 2.21. The Morgan fingerprint density at radius 1 is 1.00 bits per heavy atom. The maximum atomic E-state index is 12.8.